The van der Waals surface area contributed by atoms with Gasteiger partial charge in [0, 0.05) is 30.1 Å². The van der Waals surface area contributed by atoms with Gasteiger partial charge in [0.2, 0.25) is 0 Å². The van der Waals surface area contributed by atoms with Gasteiger partial charge < -0.3 is 9.47 Å². The van der Waals surface area contributed by atoms with E-state index in [1.165, 1.54) is 17.7 Å². The van der Waals surface area contributed by atoms with Gasteiger partial charge in [-0.25, -0.2) is 13.6 Å². The van der Waals surface area contributed by atoms with E-state index in [4.69, 9.17) is 15.0 Å². The lowest BCUT2D eigenvalue weighted by Crippen LogP contribution is -2.26. The van der Waals surface area contributed by atoms with Crippen LogP contribution in [0.4, 0.5) is 19.3 Å². The predicted octanol–water partition coefficient (Wildman–Crippen LogP) is 4.45. The highest BCUT2D eigenvalue weighted by atomic mass is 19.1. The molecule has 8 nitrogen and oxygen atoms in total. The zero-order valence-electron chi connectivity index (χ0n) is 18.0. The molecule has 0 bridgehead atoms. The molecule has 10 heteroatoms. The SMILES string of the molecule is COc1ccc(CN2C[C@@H]3[C@H](C2)[C@H]3c2c(F)cc(N3C[C@H](CN=[N+]=[N-])OC3=O)cc2F)cc1. The van der Waals surface area contributed by atoms with E-state index in [2.05, 4.69) is 14.9 Å². The molecule has 0 unspecified atom stereocenters. The summed E-state index contributed by atoms with van der Waals surface area (Å²) in [6.07, 6.45) is -1.35. The Morgan fingerprint density at radius 2 is 1.82 bits per heavy atom. The van der Waals surface area contributed by atoms with Crippen LogP contribution < -0.4 is 9.64 Å². The minimum Gasteiger partial charge on any atom is -0.497 e. The molecular formula is C23H23F2N5O3. The van der Waals surface area contributed by atoms with Crippen molar-refractivity contribution >= 4 is 11.8 Å². The van der Waals surface area contributed by atoms with Crippen molar-refractivity contribution in [1.29, 1.82) is 0 Å². The number of benzene rings is 2. The Kier molecular flexibility index (Phi) is 5.55. The van der Waals surface area contributed by atoms with Gasteiger partial charge in [0.15, 0.2) is 0 Å². The maximum absolute atomic E-state index is 15.0. The predicted molar refractivity (Wildman–Crippen MR) is 116 cm³/mol. The number of piperidine rings is 1. The number of nitrogens with zero attached hydrogens (tertiary/aromatic N) is 5. The molecule has 1 amide bonds. The van der Waals surface area contributed by atoms with Crippen LogP contribution in [0.25, 0.3) is 10.4 Å². The zero-order chi connectivity index (χ0) is 23.1. The van der Waals surface area contributed by atoms with Crippen LogP contribution in [0.5, 0.6) is 5.75 Å². The Labute approximate surface area is 189 Å². The molecule has 1 aliphatic carbocycles. The molecule has 2 aromatic rings. The number of methoxy groups -OCH3 is 1. The molecule has 0 spiro atoms. The largest absolute Gasteiger partial charge is 0.497 e. The fraction of sp³-hybridized carbons (Fsp3) is 0.435. The third kappa shape index (κ3) is 4.07. The maximum atomic E-state index is 15.0. The van der Waals surface area contributed by atoms with Crippen molar-refractivity contribution in [2.24, 2.45) is 17.0 Å². The van der Waals surface area contributed by atoms with Crippen LogP contribution in [0.2, 0.25) is 0 Å². The number of hydrogen-bond donors (Lipinski definition) is 0. The van der Waals surface area contributed by atoms with E-state index in [-0.39, 0.29) is 42.1 Å². The number of fused-ring (bicyclic) bond motifs is 1. The molecule has 33 heavy (non-hydrogen) atoms. The second kappa shape index (κ2) is 8.53. The standard InChI is InChI=1S/C23H23F2N5O3/c1-32-15-4-2-13(3-5-15)9-29-11-17-18(12-29)21(17)22-19(24)6-14(7-20(22)25)30-10-16(8-27-28-26)33-23(30)31/h2-7,16-18,21H,8-12H2,1H3/t16-,17-,18+,21+/m0/s1. The first kappa shape index (κ1) is 21.5. The number of azide groups is 1. The average molecular weight is 455 g/mol. The van der Waals surface area contributed by atoms with E-state index in [9.17, 15) is 13.6 Å². The third-order valence-corrected chi connectivity index (χ3v) is 6.77. The molecule has 0 aromatic heterocycles. The van der Waals surface area contributed by atoms with E-state index in [1.807, 2.05) is 24.3 Å². The number of ether oxygens (including phenoxy) is 2. The molecule has 5 rings (SSSR count). The molecule has 3 aliphatic rings. The van der Waals surface area contributed by atoms with Gasteiger partial charge in [-0.3, -0.25) is 9.80 Å². The first-order chi connectivity index (χ1) is 16.0. The molecule has 3 fully saturated rings. The molecule has 2 saturated heterocycles. The molecule has 0 N–H and O–H groups in total. The minimum absolute atomic E-state index is 0.0275. The number of amides is 1. The molecule has 2 heterocycles. The Morgan fingerprint density at radius 3 is 2.42 bits per heavy atom. The van der Waals surface area contributed by atoms with Gasteiger partial charge in [-0.05, 0) is 53.1 Å². The van der Waals surface area contributed by atoms with Gasteiger partial charge in [0.25, 0.3) is 0 Å². The minimum atomic E-state index is -0.711. The van der Waals surface area contributed by atoms with Gasteiger partial charge in [-0.1, -0.05) is 17.2 Å². The van der Waals surface area contributed by atoms with Crippen LogP contribution in [0, 0.1) is 23.5 Å². The second-order valence-electron chi connectivity index (χ2n) is 8.75. The lowest BCUT2D eigenvalue weighted by molar-refractivity contribution is 0.145. The van der Waals surface area contributed by atoms with E-state index < -0.39 is 23.8 Å². The van der Waals surface area contributed by atoms with E-state index in [0.717, 1.165) is 30.3 Å². The number of likely N-dealkylation sites (tertiary alicyclic amines) is 1. The van der Waals surface area contributed by atoms with Crippen molar-refractivity contribution in [3.8, 4) is 5.75 Å². The quantitative estimate of drug-likeness (QED) is 0.350. The van der Waals surface area contributed by atoms with Crippen molar-refractivity contribution in [2.75, 3.05) is 38.2 Å². The highest BCUT2D eigenvalue weighted by Gasteiger charge is 2.57. The maximum Gasteiger partial charge on any atom is 0.414 e. The molecule has 2 aromatic carbocycles. The van der Waals surface area contributed by atoms with Crippen LogP contribution in [0.3, 0.4) is 0 Å². The number of cyclic esters (lactones) is 1. The van der Waals surface area contributed by atoms with Gasteiger partial charge in [-0.2, -0.15) is 0 Å². The van der Waals surface area contributed by atoms with Crippen molar-refractivity contribution in [2.45, 2.75) is 18.6 Å². The Hall–Kier alpha value is -3.36. The molecule has 0 radical (unpaired) electrons. The van der Waals surface area contributed by atoms with Gasteiger partial charge in [-0.15, -0.1) is 0 Å². The number of anilines is 1. The first-order valence-corrected chi connectivity index (χ1v) is 10.8. The summed E-state index contributed by atoms with van der Waals surface area (Å²) in [5.41, 5.74) is 9.80. The van der Waals surface area contributed by atoms with Crippen molar-refractivity contribution in [1.82, 2.24) is 4.90 Å². The normalized spacial score (nSPS) is 26.0. The summed E-state index contributed by atoms with van der Waals surface area (Å²) in [5.74, 6) is -0.166. The Bertz CT molecular complexity index is 1090. The van der Waals surface area contributed by atoms with Gasteiger partial charge in [0.1, 0.15) is 23.5 Å². The summed E-state index contributed by atoms with van der Waals surface area (Å²) in [6, 6.07) is 10.3. The molecule has 2 aliphatic heterocycles. The van der Waals surface area contributed by atoms with E-state index in [1.54, 1.807) is 7.11 Å². The Morgan fingerprint density at radius 1 is 1.15 bits per heavy atom. The summed E-state index contributed by atoms with van der Waals surface area (Å²) in [6.45, 7) is 2.43. The topological polar surface area (TPSA) is 90.8 Å². The van der Waals surface area contributed by atoms with Crippen molar-refractivity contribution in [3.05, 3.63) is 69.6 Å². The number of carbonyl (C=O) groups excluding carboxylic acids is 1. The summed E-state index contributed by atoms with van der Waals surface area (Å²) in [7, 11) is 1.63. The monoisotopic (exact) mass is 455 g/mol. The molecule has 4 atom stereocenters. The van der Waals surface area contributed by atoms with Crippen LogP contribution in [0.15, 0.2) is 41.5 Å². The zero-order valence-corrected chi connectivity index (χ0v) is 18.0. The van der Waals surface area contributed by atoms with E-state index in [0.29, 0.717) is 0 Å². The van der Waals surface area contributed by atoms with Crippen LogP contribution in [-0.2, 0) is 11.3 Å². The van der Waals surface area contributed by atoms with Crippen molar-refractivity contribution < 1.29 is 23.0 Å². The van der Waals surface area contributed by atoms with Gasteiger partial charge >= 0.3 is 6.09 Å². The summed E-state index contributed by atoms with van der Waals surface area (Å²) in [4.78, 5) is 18.2. The third-order valence-electron chi connectivity index (χ3n) is 6.77. The highest BCUT2D eigenvalue weighted by molar-refractivity contribution is 5.89. The summed E-state index contributed by atoms with van der Waals surface area (Å²) in [5, 5.41) is 3.39. The van der Waals surface area contributed by atoms with E-state index >= 15 is 0 Å². The summed E-state index contributed by atoms with van der Waals surface area (Å²) < 4.78 is 40.3. The van der Waals surface area contributed by atoms with Crippen LogP contribution in [-0.4, -0.2) is 50.4 Å². The Balaban J connectivity index is 1.24. The lowest BCUT2D eigenvalue weighted by atomic mass is 10.0. The fourth-order valence-electron chi connectivity index (χ4n) is 5.16. The molecule has 172 valence electrons. The highest BCUT2D eigenvalue weighted by Crippen LogP contribution is 2.59. The smallest absolute Gasteiger partial charge is 0.414 e. The summed E-state index contributed by atoms with van der Waals surface area (Å²) >= 11 is 0. The average Bonchev–Trinajstić information content (AvgIpc) is 3.10. The van der Waals surface area contributed by atoms with Crippen LogP contribution >= 0.6 is 0 Å². The lowest BCUT2D eigenvalue weighted by Gasteiger charge is -2.21. The number of rotatable bonds is 7. The fourth-order valence-corrected chi connectivity index (χ4v) is 5.16. The molecular weight excluding hydrogens is 432 g/mol. The first-order valence-electron chi connectivity index (χ1n) is 10.8. The van der Waals surface area contributed by atoms with Crippen molar-refractivity contribution in [3.63, 3.8) is 0 Å². The number of carbonyl (C=O) groups is 1. The number of halogens is 2. The molecule has 1 saturated carbocycles. The van der Waals surface area contributed by atoms with Crippen LogP contribution in [0.1, 0.15) is 17.0 Å². The van der Waals surface area contributed by atoms with Gasteiger partial charge in [0.05, 0.1) is 25.9 Å². The number of hydrogen-bond acceptors (Lipinski definition) is 5. The second-order valence-corrected chi connectivity index (χ2v) is 8.75.